The summed E-state index contributed by atoms with van der Waals surface area (Å²) in [6, 6.07) is 18.4. The Morgan fingerprint density at radius 1 is 0.867 bits per heavy atom. The Hall–Kier alpha value is -2.96. The molecule has 0 N–H and O–H groups in total. The van der Waals surface area contributed by atoms with Crippen molar-refractivity contribution < 1.29 is 23.8 Å². The van der Waals surface area contributed by atoms with Gasteiger partial charge in [-0.2, -0.15) is 0 Å². The van der Waals surface area contributed by atoms with Gasteiger partial charge in [0.2, 0.25) is 0 Å². The number of benzene rings is 2. The summed E-state index contributed by atoms with van der Waals surface area (Å²) in [6.45, 7) is 1.75. The first-order valence-corrected chi connectivity index (χ1v) is 10.3. The molecule has 1 spiro atoms. The minimum atomic E-state index is -1.48. The molecule has 4 heterocycles. The fourth-order valence-corrected chi connectivity index (χ4v) is 4.60. The molecule has 3 fully saturated rings. The lowest BCUT2D eigenvalue weighted by Crippen LogP contribution is -2.70. The van der Waals surface area contributed by atoms with E-state index in [9.17, 15) is 9.59 Å². The molecule has 154 valence electrons. The number of fused-ring (bicyclic) bond motifs is 2. The summed E-state index contributed by atoms with van der Waals surface area (Å²) < 4.78 is 17.6. The summed E-state index contributed by atoms with van der Waals surface area (Å²) in [6.07, 6.45) is 3.53. The summed E-state index contributed by atoms with van der Waals surface area (Å²) in [4.78, 5) is 26.2. The lowest BCUT2D eigenvalue weighted by atomic mass is 9.82. The van der Waals surface area contributed by atoms with E-state index in [0.29, 0.717) is 19.7 Å². The second-order valence-corrected chi connectivity index (χ2v) is 7.93. The van der Waals surface area contributed by atoms with E-state index in [1.807, 2.05) is 35.2 Å². The predicted octanol–water partition coefficient (Wildman–Crippen LogP) is 3.27. The summed E-state index contributed by atoms with van der Waals surface area (Å²) >= 11 is 0. The van der Waals surface area contributed by atoms with Crippen LogP contribution >= 0.6 is 0 Å². The highest BCUT2D eigenvalue weighted by Gasteiger charge is 2.61. The van der Waals surface area contributed by atoms with Crippen molar-refractivity contribution in [3.05, 3.63) is 72.3 Å². The van der Waals surface area contributed by atoms with Gasteiger partial charge in [-0.15, -0.1) is 0 Å². The molecule has 0 aromatic heterocycles. The number of carbonyl (C=O) groups is 2. The molecular weight excluding hydrogens is 382 g/mol. The highest BCUT2D eigenvalue weighted by atomic mass is 16.8. The van der Waals surface area contributed by atoms with Gasteiger partial charge < -0.3 is 14.2 Å². The van der Waals surface area contributed by atoms with Crippen LogP contribution in [0.4, 0.5) is 0 Å². The average Bonchev–Trinajstić information content (AvgIpc) is 2.93. The molecule has 3 saturated heterocycles. The zero-order valence-electron chi connectivity index (χ0n) is 16.5. The number of carbonyl (C=O) groups excluding carboxylic acids is 2. The van der Waals surface area contributed by atoms with E-state index in [-0.39, 0.29) is 5.92 Å². The van der Waals surface area contributed by atoms with Crippen LogP contribution in [0.3, 0.4) is 0 Å². The van der Waals surface area contributed by atoms with Crippen LogP contribution in [0.25, 0.3) is 11.1 Å². The number of piperidine rings is 3. The third-order valence-corrected chi connectivity index (χ3v) is 6.11. The van der Waals surface area contributed by atoms with Crippen molar-refractivity contribution in [1.29, 1.82) is 0 Å². The van der Waals surface area contributed by atoms with E-state index in [0.717, 1.165) is 41.7 Å². The van der Waals surface area contributed by atoms with Crippen LogP contribution in [0.5, 0.6) is 0 Å². The molecule has 0 amide bonds. The Morgan fingerprint density at radius 3 is 2.10 bits per heavy atom. The van der Waals surface area contributed by atoms with E-state index < -0.39 is 24.0 Å². The number of hydrogen-bond donors (Lipinski definition) is 0. The normalized spacial score (nSPS) is 26.9. The van der Waals surface area contributed by atoms with Gasteiger partial charge in [-0.3, -0.25) is 0 Å². The van der Waals surface area contributed by atoms with E-state index in [2.05, 4.69) is 24.3 Å². The minimum Gasteiger partial charge on any atom is -0.403 e. The standard InChI is InChI=1S/C24H23NO5/c26-21-10-11-22(27)30-24(29-21)23(20-12-14-25(24)15-13-20)28-16-17-6-8-19(9-7-17)18-4-2-1-3-5-18/h1-11,20,23H,12-16H2. The fourth-order valence-electron chi connectivity index (χ4n) is 4.60. The molecule has 6 heteroatoms. The average molecular weight is 405 g/mol. The zero-order valence-corrected chi connectivity index (χ0v) is 16.5. The van der Waals surface area contributed by atoms with Gasteiger partial charge in [0.1, 0.15) is 0 Å². The maximum absolute atomic E-state index is 12.1. The first kappa shape index (κ1) is 19.0. The van der Waals surface area contributed by atoms with E-state index in [1.54, 1.807) is 0 Å². The van der Waals surface area contributed by atoms with Crippen molar-refractivity contribution in [2.75, 3.05) is 13.1 Å². The number of nitrogens with zero attached hydrogens (tertiary/aromatic N) is 1. The number of hydrogen-bond acceptors (Lipinski definition) is 6. The number of ether oxygens (including phenoxy) is 3. The minimum absolute atomic E-state index is 0.164. The summed E-state index contributed by atoms with van der Waals surface area (Å²) in [7, 11) is 0. The molecule has 6 nitrogen and oxygen atoms in total. The monoisotopic (exact) mass is 405 g/mol. The first-order chi connectivity index (χ1) is 14.6. The smallest absolute Gasteiger partial charge is 0.348 e. The molecular formula is C24H23NO5. The van der Waals surface area contributed by atoms with Crippen LogP contribution in [0.1, 0.15) is 18.4 Å². The Morgan fingerprint density at radius 2 is 1.47 bits per heavy atom. The van der Waals surface area contributed by atoms with Gasteiger partial charge in [-0.25, -0.2) is 14.5 Å². The van der Waals surface area contributed by atoms with Crippen LogP contribution in [-0.4, -0.2) is 41.9 Å². The van der Waals surface area contributed by atoms with E-state index in [4.69, 9.17) is 14.2 Å². The highest BCUT2D eigenvalue weighted by molar-refractivity contribution is 5.93. The predicted molar refractivity (Wildman–Crippen MR) is 109 cm³/mol. The van der Waals surface area contributed by atoms with Crippen LogP contribution in [0.2, 0.25) is 0 Å². The molecule has 2 bridgehead atoms. The molecule has 1 unspecified atom stereocenters. The molecule has 4 aliphatic heterocycles. The topological polar surface area (TPSA) is 65.1 Å². The van der Waals surface area contributed by atoms with E-state index in [1.165, 1.54) is 0 Å². The van der Waals surface area contributed by atoms with Crippen molar-refractivity contribution in [3.8, 4) is 11.1 Å². The van der Waals surface area contributed by atoms with Crippen molar-refractivity contribution >= 4 is 11.9 Å². The molecule has 0 saturated carbocycles. The summed E-state index contributed by atoms with van der Waals surface area (Å²) in [5, 5.41) is 0. The lowest BCUT2D eigenvalue weighted by molar-refractivity contribution is -0.363. The molecule has 30 heavy (non-hydrogen) atoms. The summed E-state index contributed by atoms with van der Waals surface area (Å²) in [5.74, 6) is -2.50. The van der Waals surface area contributed by atoms with Crippen LogP contribution in [0.15, 0.2) is 66.7 Å². The molecule has 0 radical (unpaired) electrons. The molecule has 4 aliphatic rings. The van der Waals surface area contributed by atoms with Gasteiger partial charge in [0.15, 0.2) is 6.10 Å². The van der Waals surface area contributed by atoms with Gasteiger partial charge in [-0.05, 0) is 35.4 Å². The zero-order chi connectivity index (χ0) is 20.6. The van der Waals surface area contributed by atoms with Crippen molar-refractivity contribution in [1.82, 2.24) is 4.90 Å². The maximum Gasteiger partial charge on any atom is 0.348 e. The molecule has 2 aromatic carbocycles. The largest absolute Gasteiger partial charge is 0.403 e. The van der Waals surface area contributed by atoms with Gasteiger partial charge in [0.05, 0.1) is 6.61 Å². The Kier molecular flexibility index (Phi) is 4.89. The second-order valence-electron chi connectivity index (χ2n) is 7.93. The second kappa shape index (κ2) is 7.70. The van der Waals surface area contributed by atoms with Crippen LogP contribution in [-0.2, 0) is 30.4 Å². The van der Waals surface area contributed by atoms with Crippen molar-refractivity contribution in [3.63, 3.8) is 0 Å². The summed E-state index contributed by atoms with van der Waals surface area (Å²) in [5.41, 5.74) is 3.30. The maximum atomic E-state index is 12.1. The van der Waals surface area contributed by atoms with Gasteiger partial charge in [0, 0.05) is 25.2 Å². The van der Waals surface area contributed by atoms with Gasteiger partial charge in [0.25, 0.3) is 0 Å². The quantitative estimate of drug-likeness (QED) is 0.728. The Labute approximate surface area is 175 Å². The molecule has 2 aromatic rings. The van der Waals surface area contributed by atoms with Gasteiger partial charge >= 0.3 is 17.8 Å². The van der Waals surface area contributed by atoms with Gasteiger partial charge in [-0.1, -0.05) is 54.6 Å². The SMILES string of the molecule is O=C1C=CC(=O)OC2(O1)C(OCc1ccc(-c3ccccc3)cc1)C1CCN2CC1. The number of esters is 2. The van der Waals surface area contributed by atoms with Crippen LogP contribution in [0, 0.1) is 5.92 Å². The Bertz CT molecular complexity index is 941. The highest BCUT2D eigenvalue weighted by Crippen LogP contribution is 2.44. The van der Waals surface area contributed by atoms with Crippen LogP contribution < -0.4 is 0 Å². The third kappa shape index (κ3) is 3.42. The third-order valence-electron chi connectivity index (χ3n) is 6.11. The molecule has 6 rings (SSSR count). The molecule has 1 atom stereocenters. The fraction of sp³-hybridized carbons (Fsp3) is 0.333. The lowest BCUT2D eigenvalue weighted by Gasteiger charge is -2.54. The number of rotatable bonds is 4. The first-order valence-electron chi connectivity index (χ1n) is 10.3. The molecule has 0 aliphatic carbocycles. The van der Waals surface area contributed by atoms with E-state index >= 15 is 0 Å². The van der Waals surface area contributed by atoms with Crippen molar-refractivity contribution in [2.24, 2.45) is 5.92 Å². The Balaban J connectivity index is 1.35. The van der Waals surface area contributed by atoms with Crippen molar-refractivity contribution in [2.45, 2.75) is 31.5 Å².